The second kappa shape index (κ2) is 10.4. The van der Waals surface area contributed by atoms with Gasteiger partial charge in [0, 0.05) is 24.3 Å². The lowest BCUT2D eigenvalue weighted by atomic mass is 9.99. The van der Waals surface area contributed by atoms with Crippen molar-refractivity contribution >= 4 is 24.0 Å². The van der Waals surface area contributed by atoms with E-state index in [1.807, 2.05) is 6.07 Å². The van der Waals surface area contributed by atoms with Crippen LogP contribution in [0.1, 0.15) is 28.8 Å². The monoisotopic (exact) mass is 390 g/mol. The SMILES string of the molecule is Cc1[nH]c(=O)c(C#N)c(C)c1CCC(=O)Nc1ccc(OCCN)cc1.Cl. The molecule has 0 saturated carbocycles. The molecule has 0 atom stereocenters. The Balaban J connectivity index is 0.00000364. The molecule has 0 aliphatic rings. The number of amides is 1. The molecule has 0 unspecified atom stereocenters. The molecule has 144 valence electrons. The number of carbonyl (C=O) groups is 1. The number of hydrogen-bond donors (Lipinski definition) is 3. The molecule has 2 rings (SSSR count). The van der Waals surface area contributed by atoms with Gasteiger partial charge in [0.1, 0.15) is 24.0 Å². The Kier molecular flexibility index (Phi) is 8.52. The highest BCUT2D eigenvalue weighted by Crippen LogP contribution is 2.17. The van der Waals surface area contributed by atoms with E-state index in [0.29, 0.717) is 42.3 Å². The van der Waals surface area contributed by atoms with Crippen molar-refractivity contribution in [2.45, 2.75) is 26.7 Å². The number of aryl methyl sites for hydroxylation is 1. The minimum atomic E-state index is -0.396. The Morgan fingerprint density at radius 2 is 1.96 bits per heavy atom. The first-order chi connectivity index (χ1) is 12.5. The summed E-state index contributed by atoms with van der Waals surface area (Å²) in [7, 11) is 0. The van der Waals surface area contributed by atoms with Crippen LogP contribution in [-0.4, -0.2) is 24.0 Å². The lowest BCUT2D eigenvalue weighted by Gasteiger charge is -2.11. The second-order valence-electron chi connectivity index (χ2n) is 5.88. The number of anilines is 1. The van der Waals surface area contributed by atoms with E-state index < -0.39 is 5.56 Å². The Bertz CT molecular complexity index is 886. The molecular formula is C19H23ClN4O3. The first-order valence-electron chi connectivity index (χ1n) is 8.31. The zero-order valence-electron chi connectivity index (χ0n) is 15.3. The third-order valence-corrected chi connectivity index (χ3v) is 4.05. The number of rotatable bonds is 7. The average molecular weight is 391 g/mol. The number of aromatic amines is 1. The number of benzene rings is 1. The highest BCUT2D eigenvalue weighted by Gasteiger charge is 2.13. The molecule has 0 aliphatic carbocycles. The maximum absolute atomic E-state index is 12.2. The van der Waals surface area contributed by atoms with Gasteiger partial charge in [0.15, 0.2) is 0 Å². The van der Waals surface area contributed by atoms with Crippen LogP contribution in [0.4, 0.5) is 5.69 Å². The minimum absolute atomic E-state index is 0. The van der Waals surface area contributed by atoms with Gasteiger partial charge >= 0.3 is 0 Å². The van der Waals surface area contributed by atoms with Crippen molar-refractivity contribution in [2.75, 3.05) is 18.5 Å². The van der Waals surface area contributed by atoms with Crippen LogP contribution in [0.25, 0.3) is 0 Å². The lowest BCUT2D eigenvalue weighted by molar-refractivity contribution is -0.116. The highest BCUT2D eigenvalue weighted by atomic mass is 35.5. The lowest BCUT2D eigenvalue weighted by Crippen LogP contribution is -2.18. The van der Waals surface area contributed by atoms with Crippen LogP contribution >= 0.6 is 12.4 Å². The fourth-order valence-electron chi connectivity index (χ4n) is 2.69. The number of carbonyl (C=O) groups excluding carboxylic acids is 1. The van der Waals surface area contributed by atoms with Crippen LogP contribution in [0.5, 0.6) is 5.75 Å². The Morgan fingerprint density at radius 3 is 2.56 bits per heavy atom. The number of ether oxygens (including phenoxy) is 1. The van der Waals surface area contributed by atoms with Gasteiger partial charge in [-0.2, -0.15) is 5.26 Å². The third-order valence-electron chi connectivity index (χ3n) is 4.05. The van der Waals surface area contributed by atoms with Crippen molar-refractivity contribution < 1.29 is 9.53 Å². The number of nitrogens with two attached hydrogens (primary N) is 1. The number of pyridine rings is 1. The molecule has 0 radical (unpaired) electrons. The molecule has 4 N–H and O–H groups in total. The molecule has 1 aromatic heterocycles. The fourth-order valence-corrected chi connectivity index (χ4v) is 2.69. The number of halogens is 1. The van der Waals surface area contributed by atoms with E-state index in [2.05, 4.69) is 10.3 Å². The summed E-state index contributed by atoms with van der Waals surface area (Å²) in [6.07, 6.45) is 0.677. The molecule has 0 spiro atoms. The molecule has 7 nitrogen and oxygen atoms in total. The molecule has 1 heterocycles. The predicted octanol–water partition coefficient (Wildman–Crippen LogP) is 2.19. The Hall–Kier alpha value is -2.82. The van der Waals surface area contributed by atoms with Crippen molar-refractivity contribution in [3.63, 3.8) is 0 Å². The molecule has 0 aliphatic heterocycles. The second-order valence-corrected chi connectivity index (χ2v) is 5.88. The van der Waals surface area contributed by atoms with Gasteiger partial charge in [-0.05, 0) is 55.7 Å². The van der Waals surface area contributed by atoms with Gasteiger partial charge in [0.2, 0.25) is 5.91 Å². The summed E-state index contributed by atoms with van der Waals surface area (Å²) in [5.41, 5.74) is 7.88. The van der Waals surface area contributed by atoms with Gasteiger partial charge in [0.05, 0.1) is 0 Å². The summed E-state index contributed by atoms with van der Waals surface area (Å²) >= 11 is 0. The van der Waals surface area contributed by atoms with Gasteiger partial charge in [-0.25, -0.2) is 0 Å². The van der Waals surface area contributed by atoms with Crippen LogP contribution < -0.4 is 21.3 Å². The van der Waals surface area contributed by atoms with Gasteiger partial charge in [-0.3, -0.25) is 9.59 Å². The number of aromatic nitrogens is 1. The number of hydrogen-bond acceptors (Lipinski definition) is 5. The van der Waals surface area contributed by atoms with E-state index in [1.165, 1.54) is 0 Å². The molecule has 8 heteroatoms. The average Bonchev–Trinajstić information content (AvgIpc) is 2.61. The molecule has 27 heavy (non-hydrogen) atoms. The van der Waals surface area contributed by atoms with Crippen molar-refractivity contribution in [1.29, 1.82) is 5.26 Å². The third kappa shape index (κ3) is 5.84. The molecule has 1 aromatic carbocycles. The Labute approximate surface area is 163 Å². The summed E-state index contributed by atoms with van der Waals surface area (Å²) in [5.74, 6) is 0.543. The smallest absolute Gasteiger partial charge is 0.266 e. The summed E-state index contributed by atoms with van der Waals surface area (Å²) in [6, 6.07) is 8.96. The fraction of sp³-hybridized carbons (Fsp3) is 0.316. The maximum Gasteiger partial charge on any atom is 0.266 e. The normalized spacial score (nSPS) is 9.85. The molecule has 0 saturated heterocycles. The zero-order valence-corrected chi connectivity index (χ0v) is 16.1. The number of H-pyrrole nitrogens is 1. The molecule has 2 aromatic rings. The highest BCUT2D eigenvalue weighted by molar-refractivity contribution is 5.90. The van der Waals surface area contributed by atoms with E-state index in [-0.39, 0.29) is 30.3 Å². The number of nitrogens with one attached hydrogen (secondary N) is 2. The first kappa shape index (κ1) is 22.2. The van der Waals surface area contributed by atoms with E-state index in [9.17, 15) is 9.59 Å². The van der Waals surface area contributed by atoms with Gasteiger partial charge in [0.25, 0.3) is 5.56 Å². The van der Waals surface area contributed by atoms with Crippen molar-refractivity contribution in [3.8, 4) is 11.8 Å². The number of nitrogens with zero attached hydrogens (tertiary/aromatic N) is 1. The summed E-state index contributed by atoms with van der Waals surface area (Å²) in [4.78, 5) is 26.6. The first-order valence-corrected chi connectivity index (χ1v) is 8.31. The van der Waals surface area contributed by atoms with Gasteiger partial charge < -0.3 is 20.8 Å². The van der Waals surface area contributed by atoms with E-state index in [0.717, 1.165) is 5.56 Å². The van der Waals surface area contributed by atoms with Crippen LogP contribution in [0.2, 0.25) is 0 Å². The number of nitriles is 1. The van der Waals surface area contributed by atoms with Gasteiger partial charge in [-0.15, -0.1) is 12.4 Å². The summed E-state index contributed by atoms with van der Waals surface area (Å²) < 4.78 is 5.39. The van der Waals surface area contributed by atoms with Gasteiger partial charge in [-0.1, -0.05) is 0 Å². The summed E-state index contributed by atoms with van der Waals surface area (Å²) in [5, 5.41) is 11.9. The van der Waals surface area contributed by atoms with E-state index in [1.54, 1.807) is 38.1 Å². The summed E-state index contributed by atoms with van der Waals surface area (Å²) in [6.45, 7) is 4.38. The van der Waals surface area contributed by atoms with Crippen molar-refractivity contribution in [2.24, 2.45) is 5.73 Å². The molecule has 1 amide bonds. The largest absolute Gasteiger partial charge is 0.492 e. The van der Waals surface area contributed by atoms with E-state index >= 15 is 0 Å². The van der Waals surface area contributed by atoms with Crippen LogP contribution in [-0.2, 0) is 11.2 Å². The van der Waals surface area contributed by atoms with Crippen molar-refractivity contribution in [1.82, 2.24) is 4.98 Å². The van der Waals surface area contributed by atoms with Crippen LogP contribution in [0.3, 0.4) is 0 Å². The van der Waals surface area contributed by atoms with E-state index in [4.69, 9.17) is 15.7 Å². The topological polar surface area (TPSA) is 121 Å². The molecule has 0 bridgehead atoms. The molecule has 0 fully saturated rings. The van der Waals surface area contributed by atoms with Crippen LogP contribution in [0, 0.1) is 25.2 Å². The quantitative estimate of drug-likeness (QED) is 0.669. The van der Waals surface area contributed by atoms with Crippen molar-refractivity contribution in [3.05, 3.63) is 57.0 Å². The molecular weight excluding hydrogens is 368 g/mol. The standard InChI is InChI=1S/C19H22N4O3.ClH/c1-12-16(13(2)22-19(25)17(12)11-21)7-8-18(24)23-14-3-5-15(6-4-14)26-10-9-20;/h3-6H,7-10,20H2,1-2H3,(H,22,25)(H,23,24);1H. The minimum Gasteiger partial charge on any atom is -0.492 e. The Morgan fingerprint density at radius 1 is 1.30 bits per heavy atom. The predicted molar refractivity (Wildman–Crippen MR) is 106 cm³/mol. The van der Waals surface area contributed by atoms with Crippen LogP contribution in [0.15, 0.2) is 29.1 Å². The maximum atomic E-state index is 12.2. The zero-order chi connectivity index (χ0) is 19.1.